The van der Waals surface area contributed by atoms with E-state index in [1.54, 1.807) is 20.8 Å². The first-order chi connectivity index (χ1) is 8.93. The molecule has 0 heterocycles. The lowest BCUT2D eigenvalue weighted by Gasteiger charge is -2.26. The largest absolute Gasteiger partial charge is 0.506 e. The highest BCUT2D eigenvalue weighted by atomic mass is 19.4. The lowest BCUT2D eigenvalue weighted by Crippen LogP contribution is -2.45. The molecule has 7 heteroatoms. The van der Waals surface area contributed by atoms with Gasteiger partial charge in [0.2, 0.25) is 5.91 Å². The highest BCUT2D eigenvalue weighted by Crippen LogP contribution is 2.34. The number of phenolic OH excluding ortho intramolecular Hbond substituents is 1. The first kappa shape index (κ1) is 16.3. The number of benzene rings is 1. The monoisotopic (exact) mass is 290 g/mol. The second kappa shape index (κ2) is 5.32. The Hall–Kier alpha value is -1.76. The fourth-order valence-corrected chi connectivity index (χ4v) is 1.42. The topological polar surface area (TPSA) is 75.4 Å². The van der Waals surface area contributed by atoms with Gasteiger partial charge in [-0.15, -0.1) is 0 Å². The maximum atomic E-state index is 12.6. The summed E-state index contributed by atoms with van der Waals surface area (Å²) < 4.78 is 37.7. The number of amides is 1. The molecule has 112 valence electrons. The van der Waals surface area contributed by atoms with Gasteiger partial charge in [-0.3, -0.25) is 4.79 Å². The SMILES string of the molecule is CC(C)(C)[C@@H](N)C(=O)Nc1cc(C(F)(F)F)ccc1O. The van der Waals surface area contributed by atoms with Gasteiger partial charge in [-0.25, -0.2) is 0 Å². The van der Waals surface area contributed by atoms with Crippen LogP contribution in [0.1, 0.15) is 26.3 Å². The Labute approximate surface area is 114 Å². The second-order valence-electron chi connectivity index (χ2n) is 5.56. The van der Waals surface area contributed by atoms with Crippen LogP contribution in [0.25, 0.3) is 0 Å². The summed E-state index contributed by atoms with van der Waals surface area (Å²) in [5, 5.41) is 11.7. The number of anilines is 1. The number of hydrogen-bond donors (Lipinski definition) is 3. The van der Waals surface area contributed by atoms with Gasteiger partial charge in [0.15, 0.2) is 0 Å². The molecule has 0 saturated heterocycles. The lowest BCUT2D eigenvalue weighted by molar-refractivity contribution is -0.137. The molecule has 0 radical (unpaired) electrons. The molecule has 4 N–H and O–H groups in total. The zero-order valence-corrected chi connectivity index (χ0v) is 11.4. The Morgan fingerprint density at radius 2 is 1.85 bits per heavy atom. The smallest absolute Gasteiger partial charge is 0.416 e. The molecule has 0 aromatic heterocycles. The van der Waals surface area contributed by atoms with Crippen molar-refractivity contribution in [1.29, 1.82) is 0 Å². The van der Waals surface area contributed by atoms with Crippen molar-refractivity contribution in [3.05, 3.63) is 23.8 Å². The van der Waals surface area contributed by atoms with Crippen molar-refractivity contribution in [2.75, 3.05) is 5.32 Å². The van der Waals surface area contributed by atoms with Gasteiger partial charge in [0, 0.05) is 0 Å². The molecule has 1 rings (SSSR count). The average molecular weight is 290 g/mol. The average Bonchev–Trinajstić information content (AvgIpc) is 2.28. The summed E-state index contributed by atoms with van der Waals surface area (Å²) in [5.41, 5.74) is 3.87. The highest BCUT2D eigenvalue weighted by molar-refractivity contribution is 5.96. The van der Waals surface area contributed by atoms with Gasteiger partial charge in [0.25, 0.3) is 0 Å². The molecule has 0 aliphatic carbocycles. The fraction of sp³-hybridized carbons (Fsp3) is 0.462. The maximum absolute atomic E-state index is 12.6. The summed E-state index contributed by atoms with van der Waals surface area (Å²) in [6, 6.07) is 1.36. The Bertz CT molecular complexity index is 507. The van der Waals surface area contributed by atoms with E-state index in [4.69, 9.17) is 5.73 Å². The highest BCUT2D eigenvalue weighted by Gasteiger charge is 2.32. The van der Waals surface area contributed by atoms with E-state index in [2.05, 4.69) is 5.32 Å². The van der Waals surface area contributed by atoms with Gasteiger partial charge in [-0.05, 0) is 23.6 Å². The van der Waals surface area contributed by atoms with Gasteiger partial charge in [-0.2, -0.15) is 13.2 Å². The number of carbonyl (C=O) groups excluding carboxylic acids is 1. The van der Waals surface area contributed by atoms with E-state index in [9.17, 15) is 23.1 Å². The van der Waals surface area contributed by atoms with Crippen molar-refractivity contribution in [1.82, 2.24) is 0 Å². The van der Waals surface area contributed by atoms with Crippen LogP contribution >= 0.6 is 0 Å². The maximum Gasteiger partial charge on any atom is 0.416 e. The molecule has 20 heavy (non-hydrogen) atoms. The minimum atomic E-state index is -4.56. The standard InChI is InChI=1S/C13H17F3N2O2/c1-12(2,3)10(17)11(20)18-8-6-7(13(14,15)16)4-5-9(8)19/h4-6,10,19H,17H2,1-3H3,(H,18,20)/t10-/m0/s1. The Morgan fingerprint density at radius 1 is 1.30 bits per heavy atom. The van der Waals surface area contributed by atoms with Gasteiger partial charge >= 0.3 is 6.18 Å². The van der Waals surface area contributed by atoms with Crippen LogP contribution in [0.3, 0.4) is 0 Å². The zero-order valence-electron chi connectivity index (χ0n) is 11.4. The van der Waals surface area contributed by atoms with Crippen molar-refractivity contribution in [2.45, 2.75) is 33.0 Å². The number of halogens is 3. The van der Waals surface area contributed by atoms with Crippen LogP contribution in [0, 0.1) is 5.41 Å². The minimum absolute atomic E-state index is 0.315. The van der Waals surface area contributed by atoms with Crippen LogP contribution in [-0.2, 0) is 11.0 Å². The molecule has 0 aliphatic rings. The number of carbonyl (C=O) groups is 1. The molecule has 0 bridgehead atoms. The van der Waals surface area contributed by atoms with E-state index in [-0.39, 0.29) is 5.69 Å². The van der Waals surface area contributed by atoms with Crippen molar-refractivity contribution in [3.63, 3.8) is 0 Å². The zero-order chi connectivity index (χ0) is 15.7. The molecule has 1 aromatic rings. The molecule has 4 nitrogen and oxygen atoms in total. The first-order valence-electron chi connectivity index (χ1n) is 5.89. The van der Waals surface area contributed by atoms with E-state index in [0.29, 0.717) is 6.07 Å². The van der Waals surface area contributed by atoms with Crippen LogP contribution in [0.2, 0.25) is 0 Å². The van der Waals surface area contributed by atoms with Crippen LogP contribution in [0.4, 0.5) is 18.9 Å². The minimum Gasteiger partial charge on any atom is -0.506 e. The molecule has 1 aromatic carbocycles. The third kappa shape index (κ3) is 3.86. The Morgan fingerprint density at radius 3 is 2.30 bits per heavy atom. The Kier molecular flexibility index (Phi) is 4.33. The second-order valence-corrected chi connectivity index (χ2v) is 5.56. The summed E-state index contributed by atoms with van der Waals surface area (Å²) in [5.74, 6) is -1.11. The number of hydrogen-bond acceptors (Lipinski definition) is 3. The summed E-state index contributed by atoms with van der Waals surface area (Å²) in [6.07, 6.45) is -4.56. The molecule has 0 aliphatic heterocycles. The third-order valence-corrected chi connectivity index (χ3v) is 2.80. The number of phenols is 1. The molecule has 1 atom stereocenters. The molecular weight excluding hydrogens is 273 g/mol. The number of alkyl halides is 3. The fourth-order valence-electron chi connectivity index (χ4n) is 1.42. The van der Waals surface area contributed by atoms with E-state index in [0.717, 1.165) is 12.1 Å². The molecule has 0 fully saturated rings. The van der Waals surface area contributed by atoms with Crippen LogP contribution in [0.5, 0.6) is 5.75 Å². The van der Waals surface area contributed by atoms with Crippen molar-refractivity contribution in [3.8, 4) is 5.75 Å². The van der Waals surface area contributed by atoms with E-state index in [1.807, 2.05) is 0 Å². The first-order valence-corrected chi connectivity index (χ1v) is 5.89. The predicted molar refractivity (Wildman–Crippen MR) is 69.2 cm³/mol. The van der Waals surface area contributed by atoms with Crippen LogP contribution in [-0.4, -0.2) is 17.1 Å². The predicted octanol–water partition coefficient (Wildman–Crippen LogP) is 2.72. The van der Waals surface area contributed by atoms with Crippen LogP contribution in [0.15, 0.2) is 18.2 Å². The number of rotatable bonds is 2. The number of nitrogens with one attached hydrogen (secondary N) is 1. The van der Waals surface area contributed by atoms with Crippen molar-refractivity contribution in [2.24, 2.45) is 11.1 Å². The van der Waals surface area contributed by atoms with Crippen molar-refractivity contribution >= 4 is 11.6 Å². The van der Waals surface area contributed by atoms with E-state index >= 15 is 0 Å². The van der Waals surface area contributed by atoms with Gasteiger partial charge in [-0.1, -0.05) is 20.8 Å². The van der Waals surface area contributed by atoms with Gasteiger partial charge < -0.3 is 16.2 Å². The van der Waals surface area contributed by atoms with Gasteiger partial charge in [0.05, 0.1) is 17.3 Å². The normalized spacial score (nSPS) is 13.9. The summed E-state index contributed by atoms with van der Waals surface area (Å²) in [6.45, 7) is 5.18. The number of nitrogens with two attached hydrogens (primary N) is 1. The summed E-state index contributed by atoms with van der Waals surface area (Å²) in [4.78, 5) is 11.8. The third-order valence-electron chi connectivity index (χ3n) is 2.80. The van der Waals surface area contributed by atoms with E-state index in [1.165, 1.54) is 0 Å². The quantitative estimate of drug-likeness (QED) is 0.733. The lowest BCUT2D eigenvalue weighted by atomic mass is 9.87. The summed E-state index contributed by atoms with van der Waals surface area (Å²) in [7, 11) is 0. The molecular formula is C13H17F3N2O2. The molecule has 0 spiro atoms. The molecule has 0 saturated carbocycles. The Balaban J connectivity index is 3.01. The molecule has 0 unspecified atom stereocenters. The van der Waals surface area contributed by atoms with Gasteiger partial charge in [0.1, 0.15) is 5.75 Å². The summed E-state index contributed by atoms with van der Waals surface area (Å²) >= 11 is 0. The van der Waals surface area contributed by atoms with Crippen molar-refractivity contribution < 1.29 is 23.1 Å². The number of aromatic hydroxyl groups is 1. The molecule has 1 amide bonds. The van der Waals surface area contributed by atoms with Crippen LogP contribution < -0.4 is 11.1 Å². The van der Waals surface area contributed by atoms with E-state index < -0.39 is 34.9 Å².